The topological polar surface area (TPSA) is 26.3 Å². The van der Waals surface area contributed by atoms with Gasteiger partial charge in [-0.2, -0.15) is 0 Å². The van der Waals surface area contributed by atoms with E-state index in [0.717, 1.165) is 34.3 Å². The quantitative estimate of drug-likeness (QED) is 0.773. The molecule has 2 nitrogen and oxygen atoms in total. The van der Waals surface area contributed by atoms with Gasteiger partial charge in [-0.3, -0.25) is 4.79 Å². The van der Waals surface area contributed by atoms with Crippen molar-refractivity contribution in [2.24, 2.45) is 0 Å². The van der Waals surface area contributed by atoms with Gasteiger partial charge >= 0.3 is 0 Å². The van der Waals surface area contributed by atoms with Crippen molar-refractivity contribution in [3.05, 3.63) is 52.0 Å². The van der Waals surface area contributed by atoms with Crippen molar-refractivity contribution in [2.75, 3.05) is 7.11 Å². The van der Waals surface area contributed by atoms with Crippen LogP contribution in [-0.2, 0) is 0 Å². The summed E-state index contributed by atoms with van der Waals surface area (Å²) in [5, 5.41) is 0.563. The molecule has 0 saturated carbocycles. The minimum Gasteiger partial charge on any atom is -0.496 e. The molecule has 2 aromatic carbocycles. The van der Waals surface area contributed by atoms with Crippen LogP contribution in [0.2, 0.25) is 5.02 Å². The van der Waals surface area contributed by atoms with E-state index in [9.17, 15) is 4.79 Å². The number of aryl methyl sites for hydroxylation is 2. The molecule has 19 heavy (non-hydrogen) atoms. The normalized spacial score (nSPS) is 10.3. The van der Waals surface area contributed by atoms with Crippen LogP contribution in [0.4, 0.5) is 0 Å². The van der Waals surface area contributed by atoms with Crippen LogP contribution in [0.1, 0.15) is 21.5 Å². The number of hydrogen-bond acceptors (Lipinski definition) is 2. The minimum absolute atomic E-state index is 0.563. The van der Waals surface area contributed by atoms with Gasteiger partial charge in [0, 0.05) is 10.6 Å². The summed E-state index contributed by atoms with van der Waals surface area (Å²) < 4.78 is 5.35. The minimum atomic E-state index is 0.563. The number of ether oxygens (including phenoxy) is 1. The lowest BCUT2D eigenvalue weighted by molar-refractivity contribution is 0.112. The fourth-order valence-electron chi connectivity index (χ4n) is 2.32. The summed E-state index contributed by atoms with van der Waals surface area (Å²) in [6, 6.07) is 9.37. The van der Waals surface area contributed by atoms with Crippen molar-refractivity contribution >= 4 is 17.9 Å². The molecule has 0 radical (unpaired) electrons. The summed E-state index contributed by atoms with van der Waals surface area (Å²) in [7, 11) is 1.66. The molecule has 0 aliphatic rings. The molecule has 0 atom stereocenters. The predicted molar refractivity (Wildman–Crippen MR) is 78.3 cm³/mol. The summed E-state index contributed by atoms with van der Waals surface area (Å²) in [5.41, 5.74) is 4.56. The fraction of sp³-hybridized carbons (Fsp3) is 0.188. The van der Waals surface area contributed by atoms with Crippen LogP contribution in [0.25, 0.3) is 11.1 Å². The summed E-state index contributed by atoms with van der Waals surface area (Å²) in [4.78, 5) is 11.2. The molecule has 0 heterocycles. The van der Waals surface area contributed by atoms with Crippen LogP contribution in [-0.4, -0.2) is 13.4 Å². The third-order valence-electron chi connectivity index (χ3n) is 3.12. The van der Waals surface area contributed by atoms with Crippen molar-refractivity contribution in [2.45, 2.75) is 13.8 Å². The first kappa shape index (κ1) is 13.6. The number of carbonyl (C=O) groups is 1. The van der Waals surface area contributed by atoms with Crippen molar-refractivity contribution in [3.8, 4) is 16.9 Å². The first-order valence-electron chi connectivity index (χ1n) is 5.97. The first-order valence-corrected chi connectivity index (χ1v) is 6.35. The van der Waals surface area contributed by atoms with Crippen LogP contribution in [0.15, 0.2) is 30.3 Å². The number of benzene rings is 2. The molecule has 0 spiro atoms. The van der Waals surface area contributed by atoms with Crippen LogP contribution >= 0.6 is 11.6 Å². The Morgan fingerprint density at radius 2 is 1.74 bits per heavy atom. The smallest absolute Gasteiger partial charge is 0.150 e. The van der Waals surface area contributed by atoms with Crippen molar-refractivity contribution in [3.63, 3.8) is 0 Å². The van der Waals surface area contributed by atoms with Crippen LogP contribution in [0, 0.1) is 13.8 Å². The van der Waals surface area contributed by atoms with E-state index >= 15 is 0 Å². The van der Waals surface area contributed by atoms with Crippen LogP contribution < -0.4 is 4.74 Å². The Kier molecular flexibility index (Phi) is 3.91. The van der Waals surface area contributed by atoms with Gasteiger partial charge in [-0.15, -0.1) is 0 Å². The van der Waals surface area contributed by atoms with Gasteiger partial charge < -0.3 is 4.74 Å². The van der Waals surface area contributed by atoms with E-state index in [1.807, 2.05) is 32.0 Å². The van der Waals surface area contributed by atoms with E-state index in [-0.39, 0.29) is 0 Å². The highest BCUT2D eigenvalue weighted by Gasteiger charge is 2.10. The van der Waals surface area contributed by atoms with Crippen LogP contribution in [0.5, 0.6) is 5.75 Å². The maximum absolute atomic E-state index is 11.2. The molecule has 0 amide bonds. The Balaban J connectivity index is 2.63. The summed E-state index contributed by atoms with van der Waals surface area (Å²) in [5.74, 6) is 0.880. The number of carbonyl (C=O) groups excluding carboxylic acids is 1. The molecule has 0 bridgehead atoms. The lowest BCUT2D eigenvalue weighted by Gasteiger charge is -2.12. The van der Waals surface area contributed by atoms with Gasteiger partial charge in [-0.1, -0.05) is 17.7 Å². The molecule has 0 aliphatic heterocycles. The molecule has 0 fully saturated rings. The van der Waals surface area contributed by atoms with E-state index < -0.39 is 0 Å². The Morgan fingerprint density at radius 1 is 1.11 bits per heavy atom. The molecule has 0 aliphatic carbocycles. The Morgan fingerprint density at radius 3 is 2.26 bits per heavy atom. The average Bonchev–Trinajstić information content (AvgIpc) is 2.38. The number of rotatable bonds is 3. The monoisotopic (exact) mass is 274 g/mol. The highest BCUT2D eigenvalue weighted by Crippen LogP contribution is 2.32. The zero-order valence-electron chi connectivity index (χ0n) is 11.2. The second kappa shape index (κ2) is 5.45. The predicted octanol–water partition coefficient (Wildman–Crippen LogP) is 4.44. The van der Waals surface area contributed by atoms with Gasteiger partial charge in [0.25, 0.3) is 0 Å². The zero-order valence-corrected chi connectivity index (χ0v) is 11.9. The maximum atomic E-state index is 11.2. The molecule has 0 saturated heterocycles. The van der Waals surface area contributed by atoms with Gasteiger partial charge in [0.2, 0.25) is 0 Å². The third kappa shape index (κ3) is 2.64. The van der Waals surface area contributed by atoms with E-state index in [1.165, 1.54) is 0 Å². The Bertz CT molecular complexity index is 610. The van der Waals surface area contributed by atoms with Gasteiger partial charge in [-0.25, -0.2) is 0 Å². The molecule has 98 valence electrons. The summed E-state index contributed by atoms with van der Waals surface area (Å²) in [6.45, 7) is 3.98. The molecular formula is C16H15ClO2. The van der Waals surface area contributed by atoms with Crippen LogP contribution in [0.3, 0.4) is 0 Å². The maximum Gasteiger partial charge on any atom is 0.150 e. The van der Waals surface area contributed by atoms with Gasteiger partial charge in [-0.05, 0) is 60.4 Å². The highest BCUT2D eigenvalue weighted by molar-refractivity contribution is 6.31. The van der Waals surface area contributed by atoms with Gasteiger partial charge in [0.15, 0.2) is 6.29 Å². The Hall–Kier alpha value is -1.80. The second-order valence-corrected chi connectivity index (χ2v) is 4.93. The van der Waals surface area contributed by atoms with Crippen molar-refractivity contribution < 1.29 is 9.53 Å². The molecule has 0 aromatic heterocycles. The molecule has 0 unspecified atom stereocenters. The van der Waals surface area contributed by atoms with E-state index in [1.54, 1.807) is 19.2 Å². The molecular weight excluding hydrogens is 260 g/mol. The van der Waals surface area contributed by atoms with Crippen molar-refractivity contribution in [1.29, 1.82) is 0 Å². The van der Waals surface area contributed by atoms with Gasteiger partial charge in [0.1, 0.15) is 5.75 Å². The average molecular weight is 275 g/mol. The number of halogens is 1. The lowest BCUT2D eigenvalue weighted by atomic mass is 9.96. The van der Waals surface area contributed by atoms with Crippen molar-refractivity contribution in [1.82, 2.24) is 0 Å². The van der Waals surface area contributed by atoms with Gasteiger partial charge in [0.05, 0.1) is 7.11 Å². The fourth-order valence-corrected chi connectivity index (χ4v) is 2.50. The van der Waals surface area contributed by atoms with E-state index in [4.69, 9.17) is 16.3 Å². The molecule has 3 heteroatoms. The standard InChI is InChI=1S/C16H15ClO2/c1-10-6-12(7-11(2)16(10)19-3)15-5-4-14(17)8-13(15)9-18/h4-9H,1-3H3. The lowest BCUT2D eigenvalue weighted by Crippen LogP contribution is -1.94. The molecule has 0 N–H and O–H groups in total. The largest absolute Gasteiger partial charge is 0.496 e. The number of aldehydes is 1. The first-order chi connectivity index (χ1) is 9.06. The van der Waals surface area contributed by atoms with E-state index in [2.05, 4.69) is 0 Å². The number of methoxy groups -OCH3 is 1. The van der Waals surface area contributed by atoms with E-state index in [0.29, 0.717) is 10.6 Å². The highest BCUT2D eigenvalue weighted by atomic mass is 35.5. The summed E-state index contributed by atoms with van der Waals surface area (Å²) >= 11 is 5.91. The second-order valence-electron chi connectivity index (χ2n) is 4.49. The molecule has 2 aromatic rings. The third-order valence-corrected chi connectivity index (χ3v) is 3.35. The Labute approximate surface area is 118 Å². The molecule has 2 rings (SSSR count). The SMILES string of the molecule is COc1c(C)cc(-c2ccc(Cl)cc2C=O)cc1C. The summed E-state index contributed by atoms with van der Waals surface area (Å²) in [6.07, 6.45) is 0.829. The number of hydrogen-bond donors (Lipinski definition) is 0. The zero-order chi connectivity index (χ0) is 14.0.